The van der Waals surface area contributed by atoms with Crippen LogP contribution in [0.5, 0.6) is 0 Å². The lowest BCUT2D eigenvalue weighted by Crippen LogP contribution is -2.51. The third-order valence-electron chi connectivity index (χ3n) is 5.82. The molecule has 1 aliphatic carbocycles. The zero-order valence-corrected chi connectivity index (χ0v) is 15.8. The highest BCUT2D eigenvalue weighted by molar-refractivity contribution is 5.95. The molecule has 4 rings (SSSR count). The minimum atomic E-state index is 0.00245. The Kier molecular flexibility index (Phi) is 4.97. The number of carbonyl (C=O) groups is 2. The SMILES string of the molecule is Cc1c(C(=O)N2CCN(C(=O)C3CCCC3)CC2)cnn1-c1ccccc1. The van der Waals surface area contributed by atoms with Gasteiger partial charge in [0.25, 0.3) is 5.91 Å². The Bertz CT molecular complexity index is 816. The number of benzene rings is 1. The molecular weight excluding hydrogens is 340 g/mol. The summed E-state index contributed by atoms with van der Waals surface area (Å²) in [4.78, 5) is 29.3. The minimum absolute atomic E-state index is 0.00245. The van der Waals surface area contributed by atoms with Gasteiger partial charge in [-0.15, -0.1) is 0 Å². The van der Waals surface area contributed by atoms with Crippen molar-refractivity contribution in [3.8, 4) is 5.69 Å². The van der Waals surface area contributed by atoms with E-state index in [0.717, 1.165) is 24.2 Å². The Labute approximate surface area is 159 Å². The first-order valence-electron chi connectivity index (χ1n) is 9.83. The highest BCUT2D eigenvalue weighted by atomic mass is 16.2. The minimum Gasteiger partial charge on any atom is -0.339 e. The van der Waals surface area contributed by atoms with Crippen LogP contribution in [0.4, 0.5) is 0 Å². The fraction of sp³-hybridized carbons (Fsp3) is 0.476. The van der Waals surface area contributed by atoms with Gasteiger partial charge >= 0.3 is 0 Å². The van der Waals surface area contributed by atoms with Gasteiger partial charge in [0.1, 0.15) is 0 Å². The first kappa shape index (κ1) is 17.8. The molecule has 27 heavy (non-hydrogen) atoms. The van der Waals surface area contributed by atoms with Crippen molar-refractivity contribution in [3.05, 3.63) is 47.8 Å². The standard InChI is InChI=1S/C21H26N4O2/c1-16-19(15-22-25(16)18-9-3-2-4-10-18)21(27)24-13-11-23(12-14-24)20(26)17-7-5-6-8-17/h2-4,9-10,15,17H,5-8,11-14H2,1H3. The Morgan fingerprint density at radius 1 is 0.963 bits per heavy atom. The zero-order chi connectivity index (χ0) is 18.8. The summed E-state index contributed by atoms with van der Waals surface area (Å²) in [5.74, 6) is 0.494. The Morgan fingerprint density at radius 3 is 2.26 bits per heavy atom. The Morgan fingerprint density at radius 2 is 1.59 bits per heavy atom. The first-order valence-corrected chi connectivity index (χ1v) is 9.83. The fourth-order valence-electron chi connectivity index (χ4n) is 4.18. The highest BCUT2D eigenvalue weighted by Crippen LogP contribution is 2.27. The van der Waals surface area contributed by atoms with Gasteiger partial charge in [-0.25, -0.2) is 4.68 Å². The van der Waals surface area contributed by atoms with Crippen LogP contribution in [0, 0.1) is 12.8 Å². The third kappa shape index (κ3) is 3.48. The molecule has 6 nitrogen and oxygen atoms in total. The van der Waals surface area contributed by atoms with Crippen molar-refractivity contribution >= 4 is 11.8 Å². The lowest BCUT2D eigenvalue weighted by atomic mass is 10.1. The van der Waals surface area contributed by atoms with Crippen LogP contribution in [0.3, 0.4) is 0 Å². The van der Waals surface area contributed by atoms with E-state index in [0.29, 0.717) is 31.7 Å². The lowest BCUT2D eigenvalue weighted by molar-refractivity contribution is -0.136. The summed E-state index contributed by atoms with van der Waals surface area (Å²) < 4.78 is 1.80. The van der Waals surface area contributed by atoms with Gasteiger partial charge in [-0.05, 0) is 31.9 Å². The number of nitrogens with zero attached hydrogens (tertiary/aromatic N) is 4. The van der Waals surface area contributed by atoms with Gasteiger partial charge in [0, 0.05) is 32.1 Å². The van der Waals surface area contributed by atoms with E-state index in [1.54, 1.807) is 10.9 Å². The zero-order valence-electron chi connectivity index (χ0n) is 15.8. The number of aromatic nitrogens is 2. The summed E-state index contributed by atoms with van der Waals surface area (Å²) in [5, 5.41) is 4.40. The molecule has 0 radical (unpaired) electrons. The van der Waals surface area contributed by atoms with Crippen LogP contribution in [-0.2, 0) is 4.79 Å². The topological polar surface area (TPSA) is 58.4 Å². The quantitative estimate of drug-likeness (QED) is 0.839. The molecule has 0 N–H and O–H groups in total. The van der Waals surface area contributed by atoms with Gasteiger partial charge < -0.3 is 9.80 Å². The Balaban J connectivity index is 1.41. The first-order chi connectivity index (χ1) is 13.1. The van der Waals surface area contributed by atoms with E-state index in [1.165, 1.54) is 12.8 Å². The molecular formula is C21H26N4O2. The van der Waals surface area contributed by atoms with Crippen molar-refractivity contribution in [3.63, 3.8) is 0 Å². The van der Waals surface area contributed by atoms with Crippen molar-refractivity contribution < 1.29 is 9.59 Å². The van der Waals surface area contributed by atoms with E-state index in [2.05, 4.69) is 5.10 Å². The molecule has 1 aromatic heterocycles. The molecule has 0 unspecified atom stereocenters. The van der Waals surface area contributed by atoms with Gasteiger partial charge in [-0.2, -0.15) is 5.10 Å². The van der Waals surface area contributed by atoms with E-state index < -0.39 is 0 Å². The van der Waals surface area contributed by atoms with Crippen molar-refractivity contribution in [1.82, 2.24) is 19.6 Å². The molecule has 0 spiro atoms. The van der Waals surface area contributed by atoms with Crippen LogP contribution in [-0.4, -0.2) is 57.6 Å². The number of para-hydroxylation sites is 1. The van der Waals surface area contributed by atoms with Gasteiger partial charge in [0.05, 0.1) is 23.1 Å². The summed E-state index contributed by atoms with van der Waals surface area (Å²) in [6.45, 7) is 4.37. The molecule has 142 valence electrons. The number of carbonyl (C=O) groups excluding carboxylic acids is 2. The van der Waals surface area contributed by atoms with E-state index >= 15 is 0 Å². The smallest absolute Gasteiger partial charge is 0.257 e. The second-order valence-corrected chi connectivity index (χ2v) is 7.49. The molecule has 0 atom stereocenters. The summed E-state index contributed by atoms with van der Waals surface area (Å²) in [6.07, 6.45) is 6.03. The maximum absolute atomic E-state index is 13.0. The van der Waals surface area contributed by atoms with Crippen molar-refractivity contribution in [2.45, 2.75) is 32.6 Å². The summed E-state index contributed by atoms with van der Waals surface area (Å²) in [6, 6.07) is 9.82. The third-order valence-corrected chi connectivity index (χ3v) is 5.82. The van der Waals surface area contributed by atoms with Crippen LogP contribution < -0.4 is 0 Å². The average molecular weight is 366 g/mol. The van der Waals surface area contributed by atoms with Crippen molar-refractivity contribution in [2.75, 3.05) is 26.2 Å². The van der Waals surface area contributed by atoms with Gasteiger partial charge in [-0.3, -0.25) is 9.59 Å². The number of piperazine rings is 1. The number of rotatable bonds is 3. The van der Waals surface area contributed by atoms with Gasteiger partial charge in [-0.1, -0.05) is 31.0 Å². The summed E-state index contributed by atoms with van der Waals surface area (Å²) in [7, 11) is 0. The molecule has 2 fully saturated rings. The van der Waals surface area contributed by atoms with E-state index in [9.17, 15) is 9.59 Å². The normalized spacial score (nSPS) is 18.1. The van der Waals surface area contributed by atoms with Gasteiger partial charge in [0.2, 0.25) is 5.91 Å². The van der Waals surface area contributed by atoms with Crippen LogP contribution in [0.1, 0.15) is 41.7 Å². The van der Waals surface area contributed by atoms with Gasteiger partial charge in [0.15, 0.2) is 0 Å². The molecule has 2 aliphatic rings. The average Bonchev–Trinajstić information content (AvgIpc) is 3.38. The molecule has 1 aromatic carbocycles. The maximum Gasteiger partial charge on any atom is 0.257 e. The molecule has 2 amide bonds. The maximum atomic E-state index is 13.0. The summed E-state index contributed by atoms with van der Waals surface area (Å²) >= 11 is 0. The largest absolute Gasteiger partial charge is 0.339 e. The second kappa shape index (κ2) is 7.55. The predicted octanol–water partition coefficient (Wildman–Crippen LogP) is 2.66. The van der Waals surface area contributed by atoms with Crippen LogP contribution in [0.15, 0.2) is 36.5 Å². The highest BCUT2D eigenvalue weighted by Gasteiger charge is 2.31. The number of hydrogen-bond acceptors (Lipinski definition) is 3. The monoisotopic (exact) mass is 366 g/mol. The fourth-order valence-corrected chi connectivity index (χ4v) is 4.18. The van der Waals surface area contributed by atoms with Crippen LogP contribution >= 0.6 is 0 Å². The lowest BCUT2D eigenvalue weighted by Gasteiger charge is -2.36. The number of hydrogen-bond donors (Lipinski definition) is 0. The molecule has 2 heterocycles. The van der Waals surface area contributed by atoms with Crippen LogP contribution in [0.2, 0.25) is 0 Å². The van der Waals surface area contributed by atoms with Crippen LogP contribution in [0.25, 0.3) is 5.69 Å². The molecule has 6 heteroatoms. The van der Waals surface area contributed by atoms with E-state index in [-0.39, 0.29) is 17.7 Å². The Hall–Kier alpha value is -2.63. The molecule has 2 aromatic rings. The molecule has 1 aliphatic heterocycles. The van der Waals surface area contributed by atoms with E-state index in [1.807, 2.05) is 47.1 Å². The second-order valence-electron chi connectivity index (χ2n) is 7.49. The van der Waals surface area contributed by atoms with Crippen molar-refractivity contribution in [2.24, 2.45) is 5.92 Å². The van der Waals surface area contributed by atoms with E-state index in [4.69, 9.17) is 0 Å². The van der Waals surface area contributed by atoms with Crippen molar-refractivity contribution in [1.29, 1.82) is 0 Å². The molecule has 1 saturated heterocycles. The summed E-state index contributed by atoms with van der Waals surface area (Å²) in [5.41, 5.74) is 2.42. The number of amides is 2. The molecule has 0 bridgehead atoms. The predicted molar refractivity (Wildman–Crippen MR) is 103 cm³/mol. The molecule has 1 saturated carbocycles.